The molecule has 2 aromatic carbocycles. The summed E-state index contributed by atoms with van der Waals surface area (Å²) in [6.07, 6.45) is 1.34. The van der Waals surface area contributed by atoms with E-state index in [1.165, 1.54) is 37.9 Å². The van der Waals surface area contributed by atoms with Gasteiger partial charge in [0.25, 0.3) is 5.91 Å². The van der Waals surface area contributed by atoms with E-state index in [0.717, 1.165) is 0 Å². The first-order valence-corrected chi connectivity index (χ1v) is 12.0. The van der Waals surface area contributed by atoms with Crippen molar-refractivity contribution in [1.82, 2.24) is 10.3 Å². The van der Waals surface area contributed by atoms with Gasteiger partial charge in [0.2, 0.25) is 0 Å². The number of amides is 1. The minimum Gasteiger partial charge on any atom is -0.427 e. The fraction of sp³-hybridized carbons (Fsp3) is 0.321. The van der Waals surface area contributed by atoms with E-state index in [4.69, 9.17) is 4.65 Å². The highest BCUT2D eigenvalue weighted by molar-refractivity contribution is 6.47. The summed E-state index contributed by atoms with van der Waals surface area (Å²) in [5.41, 5.74) is -0.220. The number of pyridine rings is 1. The van der Waals surface area contributed by atoms with Crippen molar-refractivity contribution < 1.29 is 23.3 Å². The van der Waals surface area contributed by atoms with E-state index in [1.54, 1.807) is 58.9 Å². The summed E-state index contributed by atoms with van der Waals surface area (Å²) in [7, 11) is 1.28. The minimum absolute atomic E-state index is 0.144. The molecule has 197 valence electrons. The number of aliphatic hydroxyl groups is 1. The maximum Gasteiger partial charge on any atom is 0.333 e. The molecule has 0 aliphatic rings. The van der Waals surface area contributed by atoms with Gasteiger partial charge in [0.05, 0.1) is 28.4 Å². The van der Waals surface area contributed by atoms with Crippen LogP contribution in [0.1, 0.15) is 67.7 Å². The summed E-state index contributed by atoms with van der Waals surface area (Å²) in [5.74, 6) is -1.15. The van der Waals surface area contributed by atoms with Crippen LogP contribution in [0.5, 0.6) is 0 Å². The van der Waals surface area contributed by atoms with Crippen LogP contribution in [-0.2, 0) is 11.2 Å². The van der Waals surface area contributed by atoms with Crippen molar-refractivity contribution in [1.29, 1.82) is 5.26 Å². The normalized spacial score (nSPS) is 12.4. The molecule has 1 aromatic heterocycles. The molecule has 3 N–H and O–H groups in total. The minimum atomic E-state index is -1.14. The van der Waals surface area contributed by atoms with E-state index >= 15 is 0 Å². The third kappa shape index (κ3) is 7.15. The van der Waals surface area contributed by atoms with Gasteiger partial charge in [-0.25, -0.2) is 13.8 Å². The monoisotopic (exact) mass is 519 g/mol. The maximum atomic E-state index is 14.7. The quantitative estimate of drug-likeness (QED) is 0.348. The van der Waals surface area contributed by atoms with Crippen molar-refractivity contribution in [2.24, 2.45) is 0 Å². The van der Waals surface area contributed by atoms with Crippen molar-refractivity contribution in [2.45, 2.75) is 58.4 Å². The molecule has 1 heterocycles. The highest BCUT2D eigenvalue weighted by atomic mass is 19.1. The Morgan fingerprint density at radius 2 is 1.84 bits per heavy atom. The van der Waals surface area contributed by atoms with E-state index < -0.39 is 29.0 Å². The Hall–Kier alpha value is -3.81. The first-order chi connectivity index (χ1) is 17.8. The molecule has 1 atom stereocenters. The van der Waals surface area contributed by atoms with Crippen LogP contribution in [0.3, 0.4) is 0 Å². The Morgan fingerprint density at radius 1 is 1.16 bits per heavy atom. The van der Waals surface area contributed by atoms with Gasteiger partial charge in [-0.2, -0.15) is 5.26 Å². The first kappa shape index (κ1) is 28.8. The van der Waals surface area contributed by atoms with Gasteiger partial charge in [-0.05, 0) is 75.5 Å². The van der Waals surface area contributed by atoms with Gasteiger partial charge in [0.15, 0.2) is 0 Å². The number of nitrogens with one attached hydrogen (secondary N) is 2. The number of hydrogen-bond donors (Lipinski definition) is 3. The van der Waals surface area contributed by atoms with Crippen molar-refractivity contribution in [2.75, 3.05) is 5.32 Å². The molecule has 7 nitrogen and oxygen atoms in total. The summed E-state index contributed by atoms with van der Waals surface area (Å²) in [5, 5.41) is 25.4. The van der Waals surface area contributed by atoms with Gasteiger partial charge >= 0.3 is 7.48 Å². The number of aromatic nitrogens is 1. The number of anilines is 1. The summed E-state index contributed by atoms with van der Waals surface area (Å²) in [4.78, 5) is 17.3. The largest absolute Gasteiger partial charge is 0.427 e. The van der Waals surface area contributed by atoms with Crippen LogP contribution in [0.4, 0.5) is 14.6 Å². The zero-order valence-electron chi connectivity index (χ0n) is 22.0. The lowest BCUT2D eigenvalue weighted by atomic mass is 9.82. The Morgan fingerprint density at radius 3 is 2.45 bits per heavy atom. The van der Waals surface area contributed by atoms with Crippen LogP contribution in [0.25, 0.3) is 0 Å². The molecular weight excluding hydrogens is 489 g/mol. The molecule has 0 aliphatic heterocycles. The number of halogens is 2. The molecule has 0 aliphatic carbocycles. The standard InChI is InChI=1S/C28H30BF2N4O3/c1-17(20-7-9-21(30)10-8-20)35-26(36)22-12-19(14-32)16-34-25(22)33-15-18-6-11-23(24(31)13-18)29-38-28(4,5)27(2,3)37/h6-13,16-17,37H,15H2,1-5H3,(H,33,34)(H,35,36). The summed E-state index contributed by atoms with van der Waals surface area (Å²) >= 11 is 0. The fourth-order valence-corrected chi connectivity index (χ4v) is 3.27. The van der Waals surface area contributed by atoms with E-state index in [-0.39, 0.29) is 34.8 Å². The third-order valence-electron chi connectivity index (χ3n) is 6.46. The van der Waals surface area contributed by atoms with Gasteiger partial charge < -0.3 is 20.4 Å². The summed E-state index contributed by atoms with van der Waals surface area (Å²) in [6, 6.07) is 13.3. The molecule has 1 unspecified atom stereocenters. The highest BCUT2D eigenvalue weighted by Crippen LogP contribution is 2.24. The van der Waals surface area contributed by atoms with Gasteiger partial charge in [0.1, 0.15) is 23.5 Å². The molecule has 0 bridgehead atoms. The number of hydrogen-bond acceptors (Lipinski definition) is 6. The van der Waals surface area contributed by atoms with Gasteiger partial charge in [-0.3, -0.25) is 4.79 Å². The Bertz CT molecular complexity index is 1340. The van der Waals surface area contributed by atoms with Crippen molar-refractivity contribution in [3.8, 4) is 6.07 Å². The zero-order valence-corrected chi connectivity index (χ0v) is 22.0. The van der Waals surface area contributed by atoms with E-state index in [9.17, 15) is 23.9 Å². The topological polar surface area (TPSA) is 107 Å². The predicted octanol–water partition coefficient (Wildman–Crippen LogP) is 4.15. The molecule has 0 saturated heterocycles. The van der Waals surface area contributed by atoms with Crippen molar-refractivity contribution in [3.63, 3.8) is 0 Å². The molecule has 38 heavy (non-hydrogen) atoms. The van der Waals surface area contributed by atoms with Crippen LogP contribution in [-0.4, -0.2) is 34.7 Å². The van der Waals surface area contributed by atoms with Crippen LogP contribution >= 0.6 is 0 Å². The van der Waals surface area contributed by atoms with Gasteiger partial charge in [0, 0.05) is 12.7 Å². The maximum absolute atomic E-state index is 14.7. The third-order valence-corrected chi connectivity index (χ3v) is 6.46. The Labute approximate surface area is 222 Å². The number of carbonyl (C=O) groups excluding carboxylic acids is 1. The second kappa shape index (κ2) is 11.7. The van der Waals surface area contributed by atoms with Crippen LogP contribution in [0.2, 0.25) is 0 Å². The lowest BCUT2D eigenvalue weighted by molar-refractivity contribution is -0.0893. The number of carbonyl (C=O) groups is 1. The van der Waals surface area contributed by atoms with Gasteiger partial charge in [-0.15, -0.1) is 0 Å². The molecule has 10 heteroatoms. The molecule has 1 radical (unpaired) electrons. The Kier molecular flexibility index (Phi) is 8.87. The average molecular weight is 519 g/mol. The molecule has 1 amide bonds. The second-order valence-electron chi connectivity index (χ2n) is 9.99. The molecular formula is C28H30BF2N4O3. The molecule has 0 saturated carbocycles. The van der Waals surface area contributed by atoms with Gasteiger partial charge in [-0.1, -0.05) is 24.3 Å². The van der Waals surface area contributed by atoms with E-state index in [1.807, 2.05) is 6.07 Å². The molecule has 0 fully saturated rings. The smallest absolute Gasteiger partial charge is 0.333 e. The van der Waals surface area contributed by atoms with Crippen molar-refractivity contribution >= 4 is 24.7 Å². The van der Waals surface area contributed by atoms with Crippen molar-refractivity contribution in [3.05, 3.63) is 88.6 Å². The lowest BCUT2D eigenvalue weighted by Crippen LogP contribution is -2.49. The fourth-order valence-electron chi connectivity index (χ4n) is 3.27. The van der Waals surface area contributed by atoms with Crippen LogP contribution in [0, 0.1) is 23.0 Å². The number of nitrogens with zero attached hydrogens (tertiary/aromatic N) is 2. The second-order valence-corrected chi connectivity index (χ2v) is 9.99. The molecule has 0 spiro atoms. The predicted molar refractivity (Wildman–Crippen MR) is 142 cm³/mol. The van der Waals surface area contributed by atoms with Crippen LogP contribution < -0.4 is 16.1 Å². The Balaban J connectivity index is 1.71. The molecule has 3 rings (SSSR count). The number of rotatable bonds is 10. The number of nitriles is 1. The van der Waals surface area contributed by atoms with Crippen LogP contribution in [0.15, 0.2) is 54.7 Å². The lowest BCUT2D eigenvalue weighted by Gasteiger charge is -2.37. The zero-order chi connectivity index (χ0) is 28.1. The average Bonchev–Trinajstić information content (AvgIpc) is 2.86. The SMILES string of the molecule is CC(NC(=O)c1cc(C#N)cnc1NCc1ccc([B]OC(C)(C)C(C)(C)O)c(F)c1)c1ccc(F)cc1. The van der Waals surface area contributed by atoms with E-state index in [2.05, 4.69) is 15.6 Å². The molecule has 3 aromatic rings. The summed E-state index contributed by atoms with van der Waals surface area (Å²) in [6.45, 7) is 8.55. The number of benzene rings is 2. The highest BCUT2D eigenvalue weighted by Gasteiger charge is 2.36. The van der Waals surface area contributed by atoms with E-state index in [0.29, 0.717) is 11.1 Å². The summed E-state index contributed by atoms with van der Waals surface area (Å²) < 4.78 is 33.6. The first-order valence-electron chi connectivity index (χ1n) is 12.0.